The van der Waals surface area contributed by atoms with E-state index in [0.29, 0.717) is 18.8 Å². The lowest BCUT2D eigenvalue weighted by atomic mass is 10.4. The maximum absolute atomic E-state index is 11.5. The van der Waals surface area contributed by atoms with Crippen LogP contribution in [0.5, 0.6) is 0 Å². The highest BCUT2D eigenvalue weighted by Crippen LogP contribution is 1.98. The number of amides is 1. The summed E-state index contributed by atoms with van der Waals surface area (Å²) in [6, 6.07) is 3.33. The van der Waals surface area contributed by atoms with Crippen LogP contribution in [0.15, 0.2) is 27.8 Å². The van der Waals surface area contributed by atoms with E-state index < -0.39 is 0 Å². The van der Waals surface area contributed by atoms with Gasteiger partial charge in [-0.15, -0.1) is 24.0 Å². The van der Waals surface area contributed by atoms with Gasteiger partial charge >= 0.3 is 0 Å². The summed E-state index contributed by atoms with van der Waals surface area (Å²) in [6.07, 6.45) is 1.48. The minimum atomic E-state index is -0.196. The van der Waals surface area contributed by atoms with Crippen molar-refractivity contribution in [1.29, 1.82) is 0 Å². The Hall–Kier alpha value is -1.25. The number of nitrogens with one attached hydrogen (secondary N) is 2. The predicted molar refractivity (Wildman–Crippen MR) is 79.4 cm³/mol. The fourth-order valence-corrected chi connectivity index (χ4v) is 1.57. The van der Waals surface area contributed by atoms with E-state index in [0.717, 1.165) is 19.0 Å². The molecule has 7 heteroatoms. The van der Waals surface area contributed by atoms with Gasteiger partial charge in [-0.3, -0.25) is 9.79 Å². The average molecular weight is 364 g/mol. The summed E-state index contributed by atoms with van der Waals surface area (Å²) in [5.74, 6) is 1.02. The van der Waals surface area contributed by atoms with Crippen LogP contribution in [-0.2, 0) is 0 Å². The molecule has 1 aromatic rings. The van der Waals surface area contributed by atoms with E-state index in [9.17, 15) is 4.79 Å². The van der Waals surface area contributed by atoms with E-state index in [1.807, 2.05) is 11.9 Å². The number of carbonyl (C=O) groups is 1. The second-order valence-electron chi connectivity index (χ2n) is 3.79. The minimum Gasteiger partial charge on any atom is -0.459 e. The molecule has 0 unspecified atom stereocenters. The smallest absolute Gasteiger partial charge is 0.287 e. The first kappa shape index (κ1) is 14.8. The van der Waals surface area contributed by atoms with Crippen LogP contribution in [0.25, 0.3) is 0 Å². The van der Waals surface area contributed by atoms with Crippen molar-refractivity contribution in [3.05, 3.63) is 24.2 Å². The average Bonchev–Trinajstić information content (AvgIpc) is 2.96. The number of guanidine groups is 1. The number of furan rings is 1. The Morgan fingerprint density at radius 1 is 1.56 bits per heavy atom. The second kappa shape index (κ2) is 7.24. The Morgan fingerprint density at radius 3 is 3.00 bits per heavy atom. The summed E-state index contributed by atoms with van der Waals surface area (Å²) < 4.78 is 4.98. The molecule has 1 aromatic heterocycles. The highest BCUT2D eigenvalue weighted by atomic mass is 127. The number of likely N-dealkylation sites (N-methyl/N-ethyl adjacent to an activating group) is 1. The first-order chi connectivity index (χ1) is 8.27. The molecule has 0 aromatic carbocycles. The van der Waals surface area contributed by atoms with Crippen molar-refractivity contribution in [3.63, 3.8) is 0 Å². The van der Waals surface area contributed by atoms with Crippen LogP contribution < -0.4 is 10.6 Å². The molecule has 1 aliphatic rings. The lowest BCUT2D eigenvalue weighted by molar-refractivity contribution is 0.0926. The quantitative estimate of drug-likeness (QED) is 0.604. The molecule has 0 bridgehead atoms. The Bertz CT molecular complexity index is 405. The van der Waals surface area contributed by atoms with Crippen molar-refractivity contribution >= 4 is 35.8 Å². The van der Waals surface area contributed by atoms with Crippen LogP contribution in [0.1, 0.15) is 10.6 Å². The summed E-state index contributed by atoms with van der Waals surface area (Å²) in [6.45, 7) is 2.96. The molecule has 2 heterocycles. The molecular formula is C11H17IN4O2. The first-order valence-electron chi connectivity index (χ1n) is 5.58. The van der Waals surface area contributed by atoms with Gasteiger partial charge in [-0.2, -0.15) is 0 Å². The number of carbonyl (C=O) groups excluding carboxylic acids is 1. The van der Waals surface area contributed by atoms with E-state index in [1.165, 1.54) is 6.26 Å². The molecule has 0 spiro atoms. The van der Waals surface area contributed by atoms with Crippen molar-refractivity contribution in [2.75, 3.05) is 33.2 Å². The van der Waals surface area contributed by atoms with Gasteiger partial charge in [-0.1, -0.05) is 0 Å². The fraction of sp³-hybridized carbons (Fsp3) is 0.455. The minimum absolute atomic E-state index is 0. The zero-order valence-electron chi connectivity index (χ0n) is 10.2. The SMILES string of the molecule is CN1CCN=C1NCCNC(=O)c1ccco1.I. The Morgan fingerprint density at radius 2 is 2.39 bits per heavy atom. The van der Waals surface area contributed by atoms with Crippen LogP contribution in [0, 0.1) is 0 Å². The summed E-state index contributed by atoms with van der Waals surface area (Å²) in [5, 5.41) is 5.92. The molecule has 2 rings (SSSR count). The van der Waals surface area contributed by atoms with E-state index in [-0.39, 0.29) is 29.9 Å². The van der Waals surface area contributed by atoms with Gasteiger partial charge in [-0.25, -0.2) is 0 Å². The van der Waals surface area contributed by atoms with Gasteiger partial charge in [-0.05, 0) is 12.1 Å². The summed E-state index contributed by atoms with van der Waals surface area (Å²) >= 11 is 0. The molecular weight excluding hydrogens is 347 g/mol. The Kier molecular flexibility index (Phi) is 5.96. The van der Waals surface area contributed by atoms with E-state index in [1.54, 1.807) is 12.1 Å². The lowest BCUT2D eigenvalue weighted by Gasteiger charge is -2.15. The normalized spacial score (nSPS) is 13.8. The van der Waals surface area contributed by atoms with E-state index in [2.05, 4.69) is 15.6 Å². The lowest BCUT2D eigenvalue weighted by Crippen LogP contribution is -2.40. The maximum atomic E-state index is 11.5. The molecule has 0 saturated carbocycles. The molecule has 100 valence electrons. The topological polar surface area (TPSA) is 69.9 Å². The van der Waals surface area contributed by atoms with Crippen molar-refractivity contribution in [3.8, 4) is 0 Å². The van der Waals surface area contributed by atoms with Crippen LogP contribution in [0.2, 0.25) is 0 Å². The fourth-order valence-electron chi connectivity index (χ4n) is 1.57. The number of rotatable bonds is 4. The number of hydrogen-bond acceptors (Lipinski definition) is 5. The molecule has 6 nitrogen and oxygen atoms in total. The second-order valence-corrected chi connectivity index (χ2v) is 3.79. The number of aliphatic imine (C=N–C) groups is 1. The van der Waals surface area contributed by atoms with E-state index >= 15 is 0 Å². The molecule has 2 N–H and O–H groups in total. The van der Waals surface area contributed by atoms with Crippen molar-refractivity contribution < 1.29 is 9.21 Å². The van der Waals surface area contributed by atoms with Crippen LogP contribution >= 0.6 is 24.0 Å². The molecule has 0 atom stereocenters. The van der Waals surface area contributed by atoms with Gasteiger partial charge in [0.25, 0.3) is 5.91 Å². The summed E-state index contributed by atoms with van der Waals surface area (Å²) in [4.78, 5) is 17.8. The molecule has 1 amide bonds. The van der Waals surface area contributed by atoms with Gasteiger partial charge in [0.15, 0.2) is 11.7 Å². The highest BCUT2D eigenvalue weighted by Gasteiger charge is 2.11. The van der Waals surface area contributed by atoms with Crippen molar-refractivity contribution in [2.24, 2.45) is 4.99 Å². The Balaban J connectivity index is 0.00000162. The number of nitrogens with zero attached hydrogens (tertiary/aromatic N) is 2. The molecule has 0 fully saturated rings. The van der Waals surface area contributed by atoms with E-state index in [4.69, 9.17) is 4.42 Å². The third-order valence-electron chi connectivity index (χ3n) is 2.50. The first-order valence-corrected chi connectivity index (χ1v) is 5.58. The summed E-state index contributed by atoms with van der Waals surface area (Å²) in [7, 11) is 1.99. The largest absolute Gasteiger partial charge is 0.459 e. The maximum Gasteiger partial charge on any atom is 0.287 e. The van der Waals surface area contributed by atoms with Gasteiger partial charge in [0.2, 0.25) is 0 Å². The number of hydrogen-bond donors (Lipinski definition) is 2. The van der Waals surface area contributed by atoms with Crippen molar-refractivity contribution in [1.82, 2.24) is 15.5 Å². The zero-order chi connectivity index (χ0) is 12.1. The Labute approximate surface area is 123 Å². The third kappa shape index (κ3) is 3.90. The molecule has 0 aliphatic carbocycles. The number of halogens is 1. The molecule has 0 saturated heterocycles. The van der Waals surface area contributed by atoms with Gasteiger partial charge < -0.3 is 20.0 Å². The van der Waals surface area contributed by atoms with Crippen molar-refractivity contribution in [2.45, 2.75) is 0 Å². The monoisotopic (exact) mass is 364 g/mol. The predicted octanol–water partition coefficient (Wildman–Crippen LogP) is 0.518. The van der Waals surface area contributed by atoms with Crippen LogP contribution in [0.3, 0.4) is 0 Å². The van der Waals surface area contributed by atoms with Gasteiger partial charge in [0.1, 0.15) is 0 Å². The van der Waals surface area contributed by atoms with Crippen LogP contribution in [0.4, 0.5) is 0 Å². The van der Waals surface area contributed by atoms with Crippen LogP contribution in [-0.4, -0.2) is 50.0 Å². The molecule has 0 radical (unpaired) electrons. The third-order valence-corrected chi connectivity index (χ3v) is 2.50. The molecule has 1 aliphatic heterocycles. The zero-order valence-corrected chi connectivity index (χ0v) is 12.5. The van der Waals surface area contributed by atoms with Gasteiger partial charge in [0, 0.05) is 26.7 Å². The summed E-state index contributed by atoms with van der Waals surface area (Å²) in [5.41, 5.74) is 0. The van der Waals surface area contributed by atoms with Gasteiger partial charge in [0.05, 0.1) is 12.8 Å². The standard InChI is InChI=1S/C11H16N4O2.HI/c1-15-7-6-14-11(15)13-5-4-12-10(16)9-3-2-8-17-9;/h2-3,8H,4-7H2,1H3,(H,12,16)(H,13,14);1H. The molecule has 18 heavy (non-hydrogen) atoms. The highest BCUT2D eigenvalue weighted by molar-refractivity contribution is 14.0.